The maximum Gasteiger partial charge on any atom is 0.254 e. The molecule has 0 aliphatic carbocycles. The Hall–Kier alpha value is -1.90. The lowest BCUT2D eigenvalue weighted by Gasteiger charge is -2.06. The summed E-state index contributed by atoms with van der Waals surface area (Å²) >= 11 is 0. The third-order valence-electron chi connectivity index (χ3n) is 3.22. The summed E-state index contributed by atoms with van der Waals surface area (Å²) in [5.41, 5.74) is 3.78. The summed E-state index contributed by atoms with van der Waals surface area (Å²) in [6.07, 6.45) is 1.79. The number of hydrogen-bond donors (Lipinski definition) is 1. The minimum Gasteiger partial charge on any atom is -0.306 e. The van der Waals surface area contributed by atoms with E-state index in [0.29, 0.717) is 11.4 Å². The van der Waals surface area contributed by atoms with Gasteiger partial charge in [0, 0.05) is 11.1 Å². The standard InChI is InChI=1S/C15H18N2O/c1-4-11-6-8-12(9-7-11)14-16-13(5-2)10(3)15(18)17-14/h6-9H,4-5H2,1-3H3,(H,16,17,18). The van der Waals surface area contributed by atoms with Gasteiger partial charge in [0.05, 0.1) is 5.69 Å². The lowest BCUT2D eigenvalue weighted by Crippen LogP contribution is -2.15. The molecule has 3 heteroatoms. The minimum atomic E-state index is -0.0450. The molecule has 0 saturated heterocycles. The van der Waals surface area contributed by atoms with Gasteiger partial charge < -0.3 is 4.98 Å². The molecule has 0 unspecified atom stereocenters. The van der Waals surface area contributed by atoms with Gasteiger partial charge in [-0.05, 0) is 25.3 Å². The van der Waals surface area contributed by atoms with E-state index in [1.165, 1.54) is 5.56 Å². The fraction of sp³-hybridized carbons (Fsp3) is 0.333. The van der Waals surface area contributed by atoms with Crippen molar-refractivity contribution in [3.05, 3.63) is 51.4 Å². The maximum atomic E-state index is 11.8. The van der Waals surface area contributed by atoms with Gasteiger partial charge in [0.2, 0.25) is 0 Å². The smallest absolute Gasteiger partial charge is 0.254 e. The van der Waals surface area contributed by atoms with Gasteiger partial charge in [0.15, 0.2) is 0 Å². The third kappa shape index (κ3) is 2.35. The Labute approximate surface area is 107 Å². The van der Waals surface area contributed by atoms with Crippen molar-refractivity contribution in [3.63, 3.8) is 0 Å². The van der Waals surface area contributed by atoms with Gasteiger partial charge in [-0.3, -0.25) is 4.79 Å². The molecule has 0 fully saturated rings. The molecule has 1 heterocycles. The minimum absolute atomic E-state index is 0.0450. The van der Waals surface area contributed by atoms with E-state index in [9.17, 15) is 4.79 Å². The van der Waals surface area contributed by atoms with Crippen molar-refractivity contribution in [2.24, 2.45) is 0 Å². The number of aromatic amines is 1. The molecule has 0 aliphatic rings. The molecule has 3 nitrogen and oxygen atoms in total. The summed E-state index contributed by atoms with van der Waals surface area (Å²) in [4.78, 5) is 19.2. The molecule has 2 rings (SSSR count). The lowest BCUT2D eigenvalue weighted by molar-refractivity contribution is 0.954. The fourth-order valence-electron chi connectivity index (χ4n) is 1.96. The quantitative estimate of drug-likeness (QED) is 0.899. The monoisotopic (exact) mass is 242 g/mol. The number of aromatic nitrogens is 2. The molecule has 1 aromatic carbocycles. The van der Waals surface area contributed by atoms with Crippen molar-refractivity contribution in [1.82, 2.24) is 9.97 Å². The van der Waals surface area contributed by atoms with Crippen LogP contribution in [0.1, 0.15) is 30.7 Å². The fourth-order valence-corrected chi connectivity index (χ4v) is 1.96. The molecule has 0 bridgehead atoms. The lowest BCUT2D eigenvalue weighted by atomic mass is 10.1. The molecule has 0 aliphatic heterocycles. The molecule has 0 radical (unpaired) electrons. The van der Waals surface area contributed by atoms with Crippen LogP contribution in [0.4, 0.5) is 0 Å². The predicted octanol–water partition coefficient (Wildman–Crippen LogP) is 2.87. The highest BCUT2D eigenvalue weighted by molar-refractivity contribution is 5.55. The molecule has 1 N–H and O–H groups in total. The van der Waals surface area contributed by atoms with Crippen LogP contribution in [0.2, 0.25) is 0 Å². The SMILES string of the molecule is CCc1ccc(-c2nc(CC)c(C)c(=O)[nH]2)cc1. The van der Waals surface area contributed by atoms with E-state index in [-0.39, 0.29) is 5.56 Å². The molecule has 0 atom stereocenters. The first-order valence-electron chi connectivity index (χ1n) is 6.34. The Kier molecular flexibility index (Phi) is 3.60. The van der Waals surface area contributed by atoms with Gasteiger partial charge in [-0.2, -0.15) is 0 Å². The molecule has 18 heavy (non-hydrogen) atoms. The van der Waals surface area contributed by atoms with Crippen LogP contribution in [-0.4, -0.2) is 9.97 Å². The van der Waals surface area contributed by atoms with Gasteiger partial charge in [0.1, 0.15) is 5.82 Å². The van der Waals surface area contributed by atoms with Crippen molar-refractivity contribution >= 4 is 0 Å². The van der Waals surface area contributed by atoms with Crippen LogP contribution in [0.25, 0.3) is 11.4 Å². The van der Waals surface area contributed by atoms with Crippen LogP contribution in [0.5, 0.6) is 0 Å². The highest BCUT2D eigenvalue weighted by atomic mass is 16.1. The molecule has 94 valence electrons. The van der Waals surface area contributed by atoms with Gasteiger partial charge in [0.25, 0.3) is 5.56 Å². The zero-order valence-electron chi connectivity index (χ0n) is 11.1. The highest BCUT2D eigenvalue weighted by Crippen LogP contribution is 2.16. The predicted molar refractivity (Wildman–Crippen MR) is 73.8 cm³/mol. The summed E-state index contributed by atoms with van der Waals surface area (Å²) in [5.74, 6) is 0.658. The second kappa shape index (κ2) is 5.17. The Bertz CT molecular complexity index is 597. The first-order chi connectivity index (χ1) is 8.65. The van der Waals surface area contributed by atoms with E-state index in [4.69, 9.17) is 0 Å². The third-order valence-corrected chi connectivity index (χ3v) is 3.22. The summed E-state index contributed by atoms with van der Waals surface area (Å²) < 4.78 is 0. The normalized spacial score (nSPS) is 10.6. The van der Waals surface area contributed by atoms with E-state index in [2.05, 4.69) is 29.0 Å². The van der Waals surface area contributed by atoms with Gasteiger partial charge in [-0.15, -0.1) is 0 Å². The van der Waals surface area contributed by atoms with Crippen molar-refractivity contribution in [3.8, 4) is 11.4 Å². The Morgan fingerprint density at radius 2 is 1.78 bits per heavy atom. The van der Waals surface area contributed by atoms with Crippen LogP contribution in [-0.2, 0) is 12.8 Å². The van der Waals surface area contributed by atoms with Crippen molar-refractivity contribution in [2.75, 3.05) is 0 Å². The number of nitrogens with zero attached hydrogens (tertiary/aromatic N) is 1. The van der Waals surface area contributed by atoms with E-state index < -0.39 is 0 Å². The van der Waals surface area contributed by atoms with Crippen molar-refractivity contribution in [2.45, 2.75) is 33.6 Å². The molecule has 2 aromatic rings. The number of benzene rings is 1. The first kappa shape index (κ1) is 12.6. The zero-order chi connectivity index (χ0) is 13.1. The van der Waals surface area contributed by atoms with Crippen LogP contribution in [0, 0.1) is 6.92 Å². The van der Waals surface area contributed by atoms with Crippen LogP contribution < -0.4 is 5.56 Å². The van der Waals surface area contributed by atoms with Gasteiger partial charge in [-0.25, -0.2) is 4.98 Å². The Morgan fingerprint density at radius 1 is 1.11 bits per heavy atom. The number of hydrogen-bond acceptors (Lipinski definition) is 2. The summed E-state index contributed by atoms with van der Waals surface area (Å²) in [6.45, 7) is 5.95. The van der Waals surface area contributed by atoms with Crippen LogP contribution >= 0.6 is 0 Å². The maximum absolute atomic E-state index is 11.8. The average Bonchev–Trinajstić information content (AvgIpc) is 2.42. The van der Waals surface area contributed by atoms with Crippen LogP contribution in [0.15, 0.2) is 29.1 Å². The zero-order valence-corrected chi connectivity index (χ0v) is 11.1. The molecule has 1 aromatic heterocycles. The molecular formula is C15H18N2O. The molecule has 0 spiro atoms. The largest absolute Gasteiger partial charge is 0.306 e. The highest BCUT2D eigenvalue weighted by Gasteiger charge is 2.07. The van der Waals surface area contributed by atoms with Crippen molar-refractivity contribution < 1.29 is 0 Å². The van der Waals surface area contributed by atoms with E-state index in [0.717, 1.165) is 24.1 Å². The number of H-pyrrole nitrogens is 1. The Morgan fingerprint density at radius 3 is 2.33 bits per heavy atom. The van der Waals surface area contributed by atoms with Gasteiger partial charge in [-0.1, -0.05) is 38.1 Å². The summed E-state index contributed by atoms with van der Waals surface area (Å²) in [6, 6.07) is 8.15. The summed E-state index contributed by atoms with van der Waals surface area (Å²) in [7, 11) is 0. The number of aryl methyl sites for hydroxylation is 2. The molecule has 0 saturated carbocycles. The van der Waals surface area contributed by atoms with E-state index in [1.807, 2.05) is 26.0 Å². The van der Waals surface area contributed by atoms with Crippen LogP contribution in [0.3, 0.4) is 0 Å². The second-order valence-corrected chi connectivity index (χ2v) is 4.39. The topological polar surface area (TPSA) is 45.8 Å². The average molecular weight is 242 g/mol. The number of nitrogens with one attached hydrogen (secondary N) is 1. The van der Waals surface area contributed by atoms with E-state index >= 15 is 0 Å². The first-order valence-corrected chi connectivity index (χ1v) is 6.34. The van der Waals surface area contributed by atoms with E-state index in [1.54, 1.807) is 0 Å². The molecular weight excluding hydrogens is 224 g/mol. The second-order valence-electron chi connectivity index (χ2n) is 4.39. The number of rotatable bonds is 3. The van der Waals surface area contributed by atoms with Crippen molar-refractivity contribution in [1.29, 1.82) is 0 Å². The Balaban J connectivity index is 2.50. The summed E-state index contributed by atoms with van der Waals surface area (Å²) in [5, 5.41) is 0. The van der Waals surface area contributed by atoms with Gasteiger partial charge >= 0.3 is 0 Å². The molecule has 0 amide bonds.